The topological polar surface area (TPSA) is 76.7 Å². The van der Waals surface area contributed by atoms with E-state index in [4.69, 9.17) is 9.47 Å². The number of carbonyl (C=O) groups excluding carboxylic acids is 2. The van der Waals surface area contributed by atoms with Gasteiger partial charge in [-0.15, -0.1) is 0 Å². The van der Waals surface area contributed by atoms with Gasteiger partial charge in [0.15, 0.2) is 6.10 Å². The van der Waals surface area contributed by atoms with Crippen molar-refractivity contribution in [2.24, 2.45) is 0 Å². The fourth-order valence-electron chi connectivity index (χ4n) is 3.08. The first kappa shape index (κ1) is 21.3. The number of ether oxygens (including phenoxy) is 2. The van der Waals surface area contributed by atoms with Crippen molar-refractivity contribution in [1.82, 2.24) is 5.32 Å². The van der Waals surface area contributed by atoms with Crippen molar-refractivity contribution in [2.75, 3.05) is 25.6 Å². The molecule has 3 rings (SSSR count). The Morgan fingerprint density at radius 2 is 1.70 bits per heavy atom. The zero-order valence-electron chi connectivity index (χ0n) is 17.2. The molecule has 3 aromatic rings. The Balaban J connectivity index is 1.67. The summed E-state index contributed by atoms with van der Waals surface area (Å²) in [6, 6.07) is 20.5. The van der Waals surface area contributed by atoms with Crippen LogP contribution in [0.15, 0.2) is 66.7 Å². The Bertz CT molecular complexity index is 1010. The summed E-state index contributed by atoms with van der Waals surface area (Å²) in [4.78, 5) is 25.2. The second kappa shape index (κ2) is 10.4. The molecule has 0 unspecified atom stereocenters. The zero-order valence-corrected chi connectivity index (χ0v) is 17.2. The van der Waals surface area contributed by atoms with Crippen LogP contribution in [0, 0.1) is 0 Å². The van der Waals surface area contributed by atoms with Crippen LogP contribution in [0.1, 0.15) is 23.7 Å². The van der Waals surface area contributed by atoms with Crippen molar-refractivity contribution in [2.45, 2.75) is 19.4 Å². The number of hydrogen-bond acceptors (Lipinski definition) is 4. The van der Waals surface area contributed by atoms with Gasteiger partial charge in [-0.1, -0.05) is 48.5 Å². The number of anilines is 1. The van der Waals surface area contributed by atoms with Gasteiger partial charge < -0.3 is 20.1 Å². The molecule has 30 heavy (non-hydrogen) atoms. The van der Waals surface area contributed by atoms with Crippen LogP contribution in [-0.2, 0) is 9.53 Å². The molecule has 0 radical (unpaired) electrons. The van der Waals surface area contributed by atoms with Crippen molar-refractivity contribution in [1.29, 1.82) is 0 Å². The molecular weight excluding hydrogens is 380 g/mol. The van der Waals surface area contributed by atoms with Crippen molar-refractivity contribution in [3.63, 3.8) is 0 Å². The average Bonchev–Trinajstić information content (AvgIpc) is 2.77. The van der Waals surface area contributed by atoms with Crippen LogP contribution in [0.2, 0.25) is 0 Å². The van der Waals surface area contributed by atoms with Gasteiger partial charge in [0.05, 0.1) is 11.3 Å². The van der Waals surface area contributed by atoms with Crippen LogP contribution in [0.5, 0.6) is 5.75 Å². The van der Waals surface area contributed by atoms with Crippen molar-refractivity contribution in [3.05, 3.63) is 72.3 Å². The SMILES string of the molecule is COCCCNC(=O)c1ccccc1NC(=O)[C@@H](C)Oc1cccc2ccccc12. The third-order valence-corrected chi connectivity index (χ3v) is 4.66. The fraction of sp³-hybridized carbons (Fsp3) is 0.250. The molecule has 3 aromatic carbocycles. The Morgan fingerprint density at radius 1 is 0.967 bits per heavy atom. The Kier molecular flexibility index (Phi) is 7.40. The highest BCUT2D eigenvalue weighted by Crippen LogP contribution is 2.26. The minimum atomic E-state index is -0.742. The van der Waals surface area contributed by atoms with Crippen molar-refractivity contribution < 1.29 is 19.1 Å². The number of methoxy groups -OCH3 is 1. The molecule has 1 atom stereocenters. The standard InChI is InChI=1S/C24H26N2O4/c1-17(30-22-14-7-10-18-9-3-4-11-19(18)22)23(27)26-21-13-6-5-12-20(21)24(28)25-15-8-16-29-2/h3-7,9-14,17H,8,15-16H2,1-2H3,(H,25,28)(H,26,27)/t17-/m1/s1. The maximum Gasteiger partial charge on any atom is 0.265 e. The van der Waals surface area contributed by atoms with E-state index in [2.05, 4.69) is 10.6 Å². The van der Waals surface area contributed by atoms with Gasteiger partial charge in [0.1, 0.15) is 5.75 Å². The molecule has 0 heterocycles. The maximum absolute atomic E-state index is 12.7. The lowest BCUT2D eigenvalue weighted by molar-refractivity contribution is -0.122. The number of hydrogen-bond donors (Lipinski definition) is 2. The highest BCUT2D eigenvalue weighted by atomic mass is 16.5. The molecule has 0 saturated carbocycles. The van der Waals surface area contributed by atoms with E-state index >= 15 is 0 Å². The smallest absolute Gasteiger partial charge is 0.265 e. The summed E-state index contributed by atoms with van der Waals surface area (Å²) in [5.41, 5.74) is 0.848. The van der Waals surface area contributed by atoms with Gasteiger partial charge in [-0.2, -0.15) is 0 Å². The number of amides is 2. The molecule has 0 spiro atoms. The largest absolute Gasteiger partial charge is 0.480 e. The number of nitrogens with one attached hydrogen (secondary N) is 2. The molecule has 2 N–H and O–H groups in total. The third-order valence-electron chi connectivity index (χ3n) is 4.66. The van der Waals surface area contributed by atoms with Crippen LogP contribution in [0.25, 0.3) is 10.8 Å². The Morgan fingerprint density at radius 3 is 2.53 bits per heavy atom. The lowest BCUT2D eigenvalue weighted by Crippen LogP contribution is -2.32. The lowest BCUT2D eigenvalue weighted by Gasteiger charge is -2.17. The third kappa shape index (κ3) is 5.36. The minimum absolute atomic E-state index is 0.246. The number of para-hydroxylation sites is 1. The number of benzene rings is 3. The van der Waals surface area contributed by atoms with Crippen LogP contribution < -0.4 is 15.4 Å². The molecular formula is C24H26N2O4. The van der Waals surface area contributed by atoms with Gasteiger partial charge in [0.2, 0.25) is 0 Å². The van der Waals surface area contributed by atoms with E-state index in [1.807, 2.05) is 42.5 Å². The van der Waals surface area contributed by atoms with E-state index in [0.29, 0.717) is 36.6 Å². The molecule has 6 nitrogen and oxygen atoms in total. The molecule has 0 saturated heterocycles. The number of fused-ring (bicyclic) bond motifs is 1. The molecule has 156 valence electrons. The first-order valence-corrected chi connectivity index (χ1v) is 9.91. The van der Waals surface area contributed by atoms with E-state index in [1.54, 1.807) is 38.3 Å². The number of rotatable bonds is 9. The van der Waals surface area contributed by atoms with Gasteiger partial charge >= 0.3 is 0 Å². The summed E-state index contributed by atoms with van der Waals surface area (Å²) in [7, 11) is 1.62. The normalized spacial score (nSPS) is 11.7. The van der Waals surface area contributed by atoms with Gasteiger partial charge in [0, 0.05) is 25.6 Å². The van der Waals surface area contributed by atoms with E-state index in [1.165, 1.54) is 0 Å². The predicted octanol–water partition coefficient (Wildman–Crippen LogP) is 4.01. The van der Waals surface area contributed by atoms with E-state index in [9.17, 15) is 9.59 Å². The Labute approximate surface area is 176 Å². The van der Waals surface area contributed by atoms with Crippen LogP contribution in [0.3, 0.4) is 0 Å². The maximum atomic E-state index is 12.7. The summed E-state index contributed by atoms with van der Waals surface area (Å²) in [6.45, 7) is 2.75. The van der Waals surface area contributed by atoms with Crippen molar-refractivity contribution >= 4 is 28.3 Å². The molecule has 0 aromatic heterocycles. The zero-order chi connectivity index (χ0) is 21.3. The molecule has 6 heteroatoms. The van der Waals surface area contributed by atoms with Crippen LogP contribution >= 0.6 is 0 Å². The van der Waals surface area contributed by atoms with Gasteiger partial charge in [-0.05, 0) is 36.9 Å². The predicted molar refractivity (Wildman–Crippen MR) is 118 cm³/mol. The van der Waals surface area contributed by atoms with Crippen molar-refractivity contribution in [3.8, 4) is 5.75 Å². The Hall–Kier alpha value is -3.38. The second-order valence-electron chi connectivity index (χ2n) is 6.87. The fourth-order valence-corrected chi connectivity index (χ4v) is 3.08. The van der Waals surface area contributed by atoms with Gasteiger partial charge in [0.25, 0.3) is 11.8 Å². The molecule has 0 aliphatic carbocycles. The molecule has 0 aliphatic heterocycles. The van der Waals surface area contributed by atoms with E-state index < -0.39 is 6.10 Å². The summed E-state index contributed by atoms with van der Waals surface area (Å²) in [6.07, 6.45) is -0.0271. The molecule has 0 bridgehead atoms. The summed E-state index contributed by atoms with van der Waals surface area (Å²) >= 11 is 0. The first-order chi connectivity index (χ1) is 14.6. The number of carbonyl (C=O) groups is 2. The second-order valence-corrected chi connectivity index (χ2v) is 6.87. The molecule has 0 aliphatic rings. The summed E-state index contributed by atoms with van der Waals surface area (Å²) in [5.74, 6) is 0.0621. The molecule has 2 amide bonds. The highest BCUT2D eigenvalue weighted by Gasteiger charge is 2.19. The van der Waals surface area contributed by atoms with E-state index in [-0.39, 0.29) is 11.8 Å². The average molecular weight is 406 g/mol. The van der Waals surface area contributed by atoms with Crippen LogP contribution in [-0.4, -0.2) is 38.2 Å². The van der Waals surface area contributed by atoms with Crippen LogP contribution in [0.4, 0.5) is 5.69 Å². The highest BCUT2D eigenvalue weighted by molar-refractivity contribution is 6.04. The lowest BCUT2D eigenvalue weighted by atomic mass is 10.1. The minimum Gasteiger partial charge on any atom is -0.480 e. The van der Waals surface area contributed by atoms with Gasteiger partial charge in [-0.3, -0.25) is 9.59 Å². The first-order valence-electron chi connectivity index (χ1n) is 9.91. The molecule has 0 fully saturated rings. The van der Waals surface area contributed by atoms with E-state index in [0.717, 1.165) is 10.8 Å². The summed E-state index contributed by atoms with van der Waals surface area (Å²) in [5, 5.41) is 7.63. The quantitative estimate of drug-likeness (QED) is 0.527. The summed E-state index contributed by atoms with van der Waals surface area (Å²) < 4.78 is 10.9. The monoisotopic (exact) mass is 406 g/mol. The van der Waals surface area contributed by atoms with Gasteiger partial charge in [-0.25, -0.2) is 0 Å².